The number of carbonyl (C=O) groups is 1. The van der Waals surface area contributed by atoms with Gasteiger partial charge in [0.15, 0.2) is 17.5 Å². The molecule has 3 heterocycles. The molecule has 2 atom stereocenters. The summed E-state index contributed by atoms with van der Waals surface area (Å²) in [4.78, 5) is 21.0. The summed E-state index contributed by atoms with van der Waals surface area (Å²) in [6, 6.07) is 1.83. The topological polar surface area (TPSA) is 150 Å². The third kappa shape index (κ3) is 4.43. The molecule has 3 aromatic heterocycles. The van der Waals surface area contributed by atoms with Gasteiger partial charge in [-0.2, -0.15) is 10.2 Å². The summed E-state index contributed by atoms with van der Waals surface area (Å²) in [6.07, 6.45) is 7.68. The molecule has 0 aliphatic heterocycles. The fraction of sp³-hybridized carbons (Fsp3) is 0.316. The fourth-order valence-electron chi connectivity index (χ4n) is 3.50. The van der Waals surface area contributed by atoms with Crippen LogP contribution in [-0.2, 0) is 0 Å². The number of carbonyl (C=O) groups excluding carboxylic acids is 1. The van der Waals surface area contributed by atoms with Crippen LogP contribution in [0.25, 0.3) is 5.82 Å². The minimum absolute atomic E-state index is 0.0352. The largest absolute Gasteiger partial charge is 0.365 e. The lowest BCUT2D eigenvalue weighted by atomic mass is 9.91. The molecule has 0 aromatic carbocycles. The van der Waals surface area contributed by atoms with Gasteiger partial charge in [-0.25, -0.2) is 18.7 Å². The van der Waals surface area contributed by atoms with Crippen LogP contribution in [0.1, 0.15) is 36.0 Å². The van der Waals surface area contributed by atoms with Crippen molar-refractivity contribution >= 4 is 23.2 Å². The van der Waals surface area contributed by atoms with Gasteiger partial charge in [0.2, 0.25) is 5.82 Å². The van der Waals surface area contributed by atoms with Crippen molar-refractivity contribution in [1.29, 1.82) is 0 Å². The van der Waals surface area contributed by atoms with Crippen molar-refractivity contribution in [2.45, 2.75) is 37.8 Å². The number of aromatic nitrogens is 5. The Morgan fingerprint density at radius 1 is 1.10 bits per heavy atom. The minimum atomic E-state index is -0.888. The Morgan fingerprint density at radius 2 is 1.84 bits per heavy atom. The van der Waals surface area contributed by atoms with Gasteiger partial charge in [0.05, 0.1) is 29.8 Å². The first kappa shape index (κ1) is 20.6. The van der Waals surface area contributed by atoms with Crippen LogP contribution in [0.15, 0.2) is 30.7 Å². The van der Waals surface area contributed by atoms with Gasteiger partial charge in [-0.3, -0.25) is 4.79 Å². The molecule has 12 heteroatoms. The van der Waals surface area contributed by atoms with Crippen molar-refractivity contribution in [2.24, 2.45) is 11.5 Å². The van der Waals surface area contributed by atoms with E-state index >= 15 is 0 Å². The van der Waals surface area contributed by atoms with E-state index < -0.39 is 17.5 Å². The maximum Gasteiger partial charge on any atom is 0.252 e. The molecule has 3 aromatic rings. The van der Waals surface area contributed by atoms with Gasteiger partial charge < -0.3 is 22.1 Å². The van der Waals surface area contributed by atoms with Gasteiger partial charge in [-0.15, -0.1) is 4.80 Å². The van der Waals surface area contributed by atoms with E-state index in [-0.39, 0.29) is 40.8 Å². The van der Waals surface area contributed by atoms with E-state index in [1.165, 1.54) is 18.6 Å². The number of rotatable bonds is 6. The van der Waals surface area contributed by atoms with E-state index in [9.17, 15) is 13.6 Å². The lowest BCUT2D eigenvalue weighted by Crippen LogP contribution is -2.43. The van der Waals surface area contributed by atoms with E-state index in [0.29, 0.717) is 0 Å². The summed E-state index contributed by atoms with van der Waals surface area (Å²) in [6.45, 7) is 0. The molecular formula is C19H21F2N9O. The van der Waals surface area contributed by atoms with Gasteiger partial charge in [0.1, 0.15) is 5.82 Å². The molecule has 0 radical (unpaired) electrons. The van der Waals surface area contributed by atoms with Crippen LogP contribution < -0.4 is 22.1 Å². The molecule has 0 spiro atoms. The second-order valence-electron chi connectivity index (χ2n) is 7.25. The van der Waals surface area contributed by atoms with Gasteiger partial charge in [0, 0.05) is 18.2 Å². The predicted octanol–water partition coefficient (Wildman–Crippen LogP) is 1.86. The second-order valence-corrected chi connectivity index (χ2v) is 7.25. The normalized spacial score (nSPS) is 18.5. The molecule has 0 unspecified atom stereocenters. The van der Waals surface area contributed by atoms with E-state index in [0.717, 1.165) is 42.6 Å². The Morgan fingerprint density at radius 3 is 2.52 bits per heavy atom. The van der Waals surface area contributed by atoms with Crippen LogP contribution in [0.4, 0.5) is 26.1 Å². The quantitative estimate of drug-likeness (QED) is 0.464. The molecular weight excluding hydrogens is 408 g/mol. The van der Waals surface area contributed by atoms with Crippen molar-refractivity contribution in [2.75, 3.05) is 10.6 Å². The summed E-state index contributed by atoms with van der Waals surface area (Å²) >= 11 is 0. The number of anilines is 3. The van der Waals surface area contributed by atoms with Gasteiger partial charge >= 0.3 is 0 Å². The van der Waals surface area contributed by atoms with E-state index in [1.54, 1.807) is 0 Å². The molecule has 10 nitrogen and oxygen atoms in total. The standard InChI is InChI=1S/C19H21F2N9O/c20-12-8-11(16(23)31)17(29-18(12)28-15-4-2-1-3-14(15)22)27-10-7-13(21)19(24-9-10)30-25-5-6-26-30/h5-9,14-15H,1-4,22H2,(H2,23,31)(H2,27,28,29)/t14-,15+/m0/s1. The van der Waals surface area contributed by atoms with Crippen molar-refractivity contribution in [1.82, 2.24) is 25.0 Å². The summed E-state index contributed by atoms with van der Waals surface area (Å²) in [5.74, 6) is -2.54. The van der Waals surface area contributed by atoms with E-state index in [4.69, 9.17) is 11.5 Å². The monoisotopic (exact) mass is 429 g/mol. The maximum absolute atomic E-state index is 14.6. The number of nitrogens with one attached hydrogen (secondary N) is 2. The van der Waals surface area contributed by atoms with Gasteiger partial charge in [0.25, 0.3) is 5.91 Å². The van der Waals surface area contributed by atoms with E-state index in [1.807, 2.05) is 0 Å². The molecule has 0 bridgehead atoms. The summed E-state index contributed by atoms with van der Waals surface area (Å²) in [7, 11) is 0. The molecule has 162 valence electrons. The van der Waals surface area contributed by atoms with Crippen molar-refractivity contribution in [3.63, 3.8) is 0 Å². The predicted molar refractivity (Wildman–Crippen MR) is 109 cm³/mol. The molecule has 31 heavy (non-hydrogen) atoms. The number of hydrogen-bond donors (Lipinski definition) is 4. The first-order valence-electron chi connectivity index (χ1n) is 9.74. The Labute approximate surface area is 176 Å². The van der Waals surface area contributed by atoms with Crippen LogP contribution in [0, 0.1) is 11.6 Å². The lowest BCUT2D eigenvalue weighted by molar-refractivity contribution is 0.100. The Hall–Kier alpha value is -3.67. The summed E-state index contributed by atoms with van der Waals surface area (Å²) < 4.78 is 29.1. The van der Waals surface area contributed by atoms with Crippen molar-refractivity contribution in [3.8, 4) is 5.82 Å². The van der Waals surface area contributed by atoms with Crippen LogP contribution in [-0.4, -0.2) is 43.0 Å². The number of halogens is 2. The van der Waals surface area contributed by atoms with Gasteiger partial charge in [-0.1, -0.05) is 12.8 Å². The summed E-state index contributed by atoms with van der Waals surface area (Å²) in [5.41, 5.74) is 11.5. The van der Waals surface area contributed by atoms with Crippen molar-refractivity contribution in [3.05, 3.63) is 47.9 Å². The lowest BCUT2D eigenvalue weighted by Gasteiger charge is -2.30. The highest BCUT2D eigenvalue weighted by molar-refractivity contribution is 5.98. The van der Waals surface area contributed by atoms with Crippen LogP contribution in [0.2, 0.25) is 0 Å². The maximum atomic E-state index is 14.6. The SMILES string of the molecule is NC(=O)c1cc(F)c(N[C@@H]2CCCC[C@@H]2N)nc1Nc1cnc(-n2nccn2)c(F)c1. The first-order chi connectivity index (χ1) is 14.9. The van der Waals surface area contributed by atoms with Crippen LogP contribution >= 0.6 is 0 Å². The zero-order valence-electron chi connectivity index (χ0n) is 16.4. The zero-order valence-corrected chi connectivity index (χ0v) is 16.4. The highest BCUT2D eigenvalue weighted by atomic mass is 19.1. The molecule has 0 saturated heterocycles. The number of pyridine rings is 2. The number of nitrogens with zero attached hydrogens (tertiary/aromatic N) is 5. The van der Waals surface area contributed by atoms with Crippen molar-refractivity contribution < 1.29 is 13.6 Å². The van der Waals surface area contributed by atoms with E-state index in [2.05, 4.69) is 30.8 Å². The highest BCUT2D eigenvalue weighted by Crippen LogP contribution is 2.27. The van der Waals surface area contributed by atoms with Gasteiger partial charge in [-0.05, 0) is 18.9 Å². The average Bonchev–Trinajstić information content (AvgIpc) is 3.26. The highest BCUT2D eigenvalue weighted by Gasteiger charge is 2.24. The number of primary amides is 1. The molecule has 1 aliphatic rings. The molecule has 1 saturated carbocycles. The molecule has 4 rings (SSSR count). The number of nitrogens with two attached hydrogens (primary N) is 2. The molecule has 6 N–H and O–H groups in total. The Bertz CT molecular complexity index is 1090. The second kappa shape index (κ2) is 8.60. The van der Waals surface area contributed by atoms with Crippen LogP contribution in [0.3, 0.4) is 0 Å². The minimum Gasteiger partial charge on any atom is -0.365 e. The molecule has 1 fully saturated rings. The van der Waals surface area contributed by atoms with Crippen LogP contribution in [0.5, 0.6) is 0 Å². The summed E-state index contributed by atoms with van der Waals surface area (Å²) in [5, 5.41) is 13.5. The number of hydrogen-bond acceptors (Lipinski definition) is 8. The smallest absolute Gasteiger partial charge is 0.252 e. The molecule has 1 aliphatic carbocycles. The Kier molecular flexibility index (Phi) is 5.71. The Balaban J connectivity index is 1.63. The first-order valence-corrected chi connectivity index (χ1v) is 9.74. The third-order valence-corrected chi connectivity index (χ3v) is 5.08. The average molecular weight is 429 g/mol. The fourth-order valence-corrected chi connectivity index (χ4v) is 3.50. The third-order valence-electron chi connectivity index (χ3n) is 5.08. The number of amides is 1. The zero-order chi connectivity index (χ0) is 22.0. The molecule has 1 amide bonds.